The highest BCUT2D eigenvalue weighted by atomic mass is 35.5. The zero-order valence-corrected chi connectivity index (χ0v) is 16.9. The predicted molar refractivity (Wildman–Crippen MR) is 100 cm³/mol. The standard InChI is InChI=1S/C19H21ClF3N3O3/c1-10(13-8-12(28-2)6-7-14(13)29-3)24-15(27)9-26-17(11-4-5-11)16(20)18(25-26)19(21,22)23/h6-8,10-11H,4-5,9H2,1-3H3,(H,24,27). The van der Waals surface area contributed by atoms with Crippen LogP contribution in [0.5, 0.6) is 11.5 Å². The summed E-state index contributed by atoms with van der Waals surface area (Å²) in [6, 6.07) is 4.70. The predicted octanol–water partition coefficient (Wildman–Crippen LogP) is 4.33. The Hall–Kier alpha value is -2.42. The molecule has 0 bridgehead atoms. The van der Waals surface area contributed by atoms with E-state index in [4.69, 9.17) is 21.1 Å². The molecule has 0 radical (unpaired) electrons. The van der Waals surface area contributed by atoms with Crippen molar-refractivity contribution < 1.29 is 27.4 Å². The molecule has 1 aromatic carbocycles. The lowest BCUT2D eigenvalue weighted by Gasteiger charge is -2.18. The zero-order chi connectivity index (χ0) is 21.3. The average Bonchev–Trinajstić information content (AvgIpc) is 3.43. The van der Waals surface area contributed by atoms with Gasteiger partial charge in [0.15, 0.2) is 5.69 Å². The first kappa shape index (κ1) is 21.3. The number of ether oxygens (including phenoxy) is 2. The lowest BCUT2D eigenvalue weighted by molar-refractivity contribution is -0.141. The summed E-state index contributed by atoms with van der Waals surface area (Å²) in [6.07, 6.45) is -3.23. The summed E-state index contributed by atoms with van der Waals surface area (Å²) in [4.78, 5) is 12.5. The van der Waals surface area contributed by atoms with Crippen molar-refractivity contribution in [2.24, 2.45) is 0 Å². The topological polar surface area (TPSA) is 65.4 Å². The number of methoxy groups -OCH3 is 2. The molecule has 1 amide bonds. The van der Waals surface area contributed by atoms with Crippen LogP contribution in [0.4, 0.5) is 13.2 Å². The van der Waals surface area contributed by atoms with Gasteiger partial charge in [0.25, 0.3) is 0 Å². The van der Waals surface area contributed by atoms with E-state index < -0.39 is 28.8 Å². The van der Waals surface area contributed by atoms with Crippen LogP contribution in [-0.2, 0) is 17.5 Å². The third-order valence-electron chi connectivity index (χ3n) is 4.74. The summed E-state index contributed by atoms with van der Waals surface area (Å²) in [6.45, 7) is 1.38. The summed E-state index contributed by atoms with van der Waals surface area (Å²) in [5, 5.41) is 5.92. The van der Waals surface area contributed by atoms with Gasteiger partial charge >= 0.3 is 6.18 Å². The van der Waals surface area contributed by atoms with E-state index in [2.05, 4.69) is 10.4 Å². The number of nitrogens with zero attached hydrogens (tertiary/aromatic N) is 2. The molecule has 2 aromatic rings. The minimum Gasteiger partial charge on any atom is -0.497 e. The van der Waals surface area contributed by atoms with E-state index in [9.17, 15) is 18.0 Å². The Kier molecular flexibility index (Phi) is 5.97. The molecule has 1 aliphatic rings. The molecule has 1 aliphatic carbocycles. The van der Waals surface area contributed by atoms with E-state index in [-0.39, 0.29) is 18.2 Å². The fourth-order valence-electron chi connectivity index (χ4n) is 3.18. The van der Waals surface area contributed by atoms with Gasteiger partial charge < -0.3 is 14.8 Å². The molecule has 0 saturated heterocycles. The number of benzene rings is 1. The molecule has 0 spiro atoms. The summed E-state index contributed by atoms with van der Waals surface area (Å²) < 4.78 is 51.1. The first-order chi connectivity index (χ1) is 13.7. The Bertz CT molecular complexity index is 910. The van der Waals surface area contributed by atoms with E-state index in [1.165, 1.54) is 14.2 Å². The summed E-state index contributed by atoms with van der Waals surface area (Å²) in [5.74, 6) is 0.553. The summed E-state index contributed by atoms with van der Waals surface area (Å²) >= 11 is 5.94. The van der Waals surface area contributed by atoms with Crippen LogP contribution >= 0.6 is 11.6 Å². The lowest BCUT2D eigenvalue weighted by atomic mass is 10.1. The molecular weight excluding hydrogens is 411 g/mol. The highest BCUT2D eigenvalue weighted by Crippen LogP contribution is 2.46. The number of hydrogen-bond donors (Lipinski definition) is 1. The lowest BCUT2D eigenvalue weighted by Crippen LogP contribution is -2.31. The molecule has 1 fully saturated rings. The van der Waals surface area contributed by atoms with Gasteiger partial charge in [0, 0.05) is 11.5 Å². The van der Waals surface area contributed by atoms with Crippen molar-refractivity contribution >= 4 is 17.5 Å². The van der Waals surface area contributed by atoms with Crippen LogP contribution in [0.25, 0.3) is 0 Å². The molecule has 0 aliphatic heterocycles. The molecule has 6 nitrogen and oxygen atoms in total. The van der Waals surface area contributed by atoms with E-state index in [0.717, 1.165) is 17.5 Å². The number of rotatable bonds is 7. The molecule has 1 N–H and O–H groups in total. The Balaban J connectivity index is 1.79. The maximum absolute atomic E-state index is 13.2. The van der Waals surface area contributed by atoms with Gasteiger partial charge in [-0.15, -0.1) is 0 Å². The quantitative estimate of drug-likeness (QED) is 0.708. The van der Waals surface area contributed by atoms with E-state index in [0.29, 0.717) is 17.1 Å². The monoisotopic (exact) mass is 431 g/mol. The number of aromatic nitrogens is 2. The second kappa shape index (κ2) is 8.14. The van der Waals surface area contributed by atoms with Crippen LogP contribution in [0.15, 0.2) is 18.2 Å². The van der Waals surface area contributed by atoms with Gasteiger partial charge in [0.2, 0.25) is 5.91 Å². The molecule has 1 saturated carbocycles. The van der Waals surface area contributed by atoms with Gasteiger partial charge in [0.1, 0.15) is 18.0 Å². The number of amides is 1. The fourth-order valence-corrected chi connectivity index (χ4v) is 3.58. The number of alkyl halides is 3. The maximum atomic E-state index is 13.2. The number of hydrogen-bond acceptors (Lipinski definition) is 4. The van der Waals surface area contributed by atoms with Crippen molar-refractivity contribution in [3.05, 3.63) is 40.2 Å². The number of carbonyl (C=O) groups excluding carboxylic acids is 1. The molecular formula is C19H21ClF3N3O3. The van der Waals surface area contributed by atoms with Gasteiger partial charge in [-0.1, -0.05) is 11.6 Å². The molecule has 1 aromatic heterocycles. The number of carbonyl (C=O) groups is 1. The maximum Gasteiger partial charge on any atom is 0.436 e. The Morgan fingerprint density at radius 1 is 1.34 bits per heavy atom. The summed E-state index contributed by atoms with van der Waals surface area (Å²) in [5.41, 5.74) is -0.214. The first-order valence-corrected chi connectivity index (χ1v) is 9.38. The fraction of sp³-hybridized carbons (Fsp3) is 0.474. The molecule has 1 unspecified atom stereocenters. The Morgan fingerprint density at radius 3 is 2.59 bits per heavy atom. The molecule has 10 heteroatoms. The van der Waals surface area contributed by atoms with Crippen LogP contribution in [0.1, 0.15) is 48.7 Å². The number of halogens is 4. The van der Waals surface area contributed by atoms with Crippen LogP contribution in [0.3, 0.4) is 0 Å². The van der Waals surface area contributed by atoms with Crippen LogP contribution in [-0.4, -0.2) is 29.9 Å². The van der Waals surface area contributed by atoms with E-state index in [1.807, 2.05) is 0 Å². The zero-order valence-electron chi connectivity index (χ0n) is 16.1. The third kappa shape index (κ3) is 4.60. The molecule has 29 heavy (non-hydrogen) atoms. The highest BCUT2D eigenvalue weighted by Gasteiger charge is 2.42. The minimum atomic E-state index is -4.68. The van der Waals surface area contributed by atoms with Crippen molar-refractivity contribution in [3.63, 3.8) is 0 Å². The smallest absolute Gasteiger partial charge is 0.436 e. The van der Waals surface area contributed by atoms with Crippen LogP contribution in [0, 0.1) is 0 Å². The molecule has 1 atom stereocenters. The SMILES string of the molecule is COc1ccc(OC)c(C(C)NC(=O)Cn2nc(C(F)(F)F)c(Cl)c2C2CC2)c1. The van der Waals surface area contributed by atoms with Crippen molar-refractivity contribution in [3.8, 4) is 11.5 Å². The van der Waals surface area contributed by atoms with Crippen molar-refractivity contribution in [2.45, 2.75) is 44.4 Å². The first-order valence-electron chi connectivity index (χ1n) is 9.00. The normalized spacial score (nSPS) is 15.1. The van der Waals surface area contributed by atoms with Crippen LogP contribution in [0.2, 0.25) is 5.02 Å². The van der Waals surface area contributed by atoms with Gasteiger partial charge in [-0.05, 0) is 38.0 Å². The largest absolute Gasteiger partial charge is 0.497 e. The van der Waals surface area contributed by atoms with E-state index in [1.54, 1.807) is 25.1 Å². The molecule has 3 rings (SSSR count). The molecule has 1 heterocycles. The highest BCUT2D eigenvalue weighted by molar-refractivity contribution is 6.32. The van der Waals surface area contributed by atoms with Crippen LogP contribution < -0.4 is 14.8 Å². The van der Waals surface area contributed by atoms with Gasteiger partial charge in [-0.2, -0.15) is 18.3 Å². The second-order valence-corrected chi connectivity index (χ2v) is 7.25. The second-order valence-electron chi connectivity index (χ2n) is 6.87. The minimum absolute atomic E-state index is 0.102. The van der Waals surface area contributed by atoms with Gasteiger partial charge in [-0.25, -0.2) is 0 Å². The molecule has 158 valence electrons. The summed E-state index contributed by atoms with van der Waals surface area (Å²) in [7, 11) is 3.03. The van der Waals surface area contributed by atoms with E-state index >= 15 is 0 Å². The number of nitrogens with one attached hydrogen (secondary N) is 1. The Labute approximate surface area is 170 Å². The average molecular weight is 432 g/mol. The Morgan fingerprint density at radius 2 is 2.03 bits per heavy atom. The van der Waals surface area contributed by atoms with Crippen molar-refractivity contribution in [2.75, 3.05) is 14.2 Å². The van der Waals surface area contributed by atoms with Gasteiger partial charge in [-0.3, -0.25) is 9.48 Å². The van der Waals surface area contributed by atoms with Crippen molar-refractivity contribution in [1.29, 1.82) is 0 Å². The van der Waals surface area contributed by atoms with Crippen molar-refractivity contribution in [1.82, 2.24) is 15.1 Å². The third-order valence-corrected chi connectivity index (χ3v) is 5.11. The van der Waals surface area contributed by atoms with Gasteiger partial charge in [0.05, 0.1) is 31.0 Å².